The lowest BCUT2D eigenvalue weighted by Crippen LogP contribution is -2.43. The molecule has 0 radical (unpaired) electrons. The van der Waals surface area contributed by atoms with E-state index in [1.165, 1.54) is 0 Å². The number of hydrogen-bond acceptors (Lipinski definition) is 4. The number of halogens is 1. The second-order valence-electron chi connectivity index (χ2n) is 5.54. The summed E-state index contributed by atoms with van der Waals surface area (Å²) in [7, 11) is 3.35. The molecule has 0 heterocycles. The van der Waals surface area contributed by atoms with Crippen LogP contribution in [0.4, 0.5) is 4.79 Å². The van der Waals surface area contributed by atoms with Crippen molar-refractivity contribution in [1.29, 1.82) is 0 Å². The molecule has 7 heteroatoms. The number of carbonyl (C=O) groups is 2. The molecule has 0 unspecified atom stereocenters. The van der Waals surface area contributed by atoms with Crippen LogP contribution in [0.2, 0.25) is 5.02 Å². The standard InChI is InChI=1S/C18H20ClN3O3/c1-22(11-13-10-14(19)8-9-15(13)25-2)16(17(23)21-18(20)24)12-6-4-3-5-7-12/h3-10,16H,11H2,1-2H3,(H3,20,21,23,24)/t16-/m0/s1. The maximum Gasteiger partial charge on any atom is 0.318 e. The first-order valence-electron chi connectivity index (χ1n) is 7.60. The van der Waals surface area contributed by atoms with Crippen molar-refractivity contribution in [2.45, 2.75) is 12.6 Å². The lowest BCUT2D eigenvalue weighted by Gasteiger charge is -2.27. The van der Waals surface area contributed by atoms with E-state index in [9.17, 15) is 9.59 Å². The summed E-state index contributed by atoms with van der Waals surface area (Å²) in [4.78, 5) is 25.4. The maximum atomic E-state index is 12.5. The van der Waals surface area contributed by atoms with Gasteiger partial charge in [-0.25, -0.2) is 4.79 Å². The zero-order valence-corrected chi connectivity index (χ0v) is 14.8. The molecule has 3 amide bonds. The molecule has 0 fully saturated rings. The smallest absolute Gasteiger partial charge is 0.318 e. The number of nitrogens with one attached hydrogen (secondary N) is 1. The molecule has 2 aromatic carbocycles. The molecule has 2 aromatic rings. The number of amides is 3. The lowest BCUT2D eigenvalue weighted by molar-refractivity contribution is -0.125. The Morgan fingerprint density at radius 3 is 2.52 bits per heavy atom. The molecule has 0 aliphatic rings. The largest absolute Gasteiger partial charge is 0.496 e. The Morgan fingerprint density at radius 2 is 1.92 bits per heavy atom. The van der Waals surface area contributed by atoms with Crippen molar-refractivity contribution in [2.75, 3.05) is 14.2 Å². The van der Waals surface area contributed by atoms with Gasteiger partial charge in [0.25, 0.3) is 0 Å². The van der Waals surface area contributed by atoms with E-state index >= 15 is 0 Å². The first-order valence-corrected chi connectivity index (χ1v) is 7.98. The van der Waals surface area contributed by atoms with Crippen LogP contribution in [0.25, 0.3) is 0 Å². The molecule has 0 bridgehead atoms. The quantitative estimate of drug-likeness (QED) is 0.828. The SMILES string of the molecule is COc1ccc(Cl)cc1CN(C)[C@H](C(=O)NC(N)=O)c1ccccc1. The second kappa shape index (κ2) is 8.50. The van der Waals surface area contributed by atoms with Gasteiger partial charge in [0.2, 0.25) is 5.91 Å². The molecule has 25 heavy (non-hydrogen) atoms. The van der Waals surface area contributed by atoms with E-state index in [0.29, 0.717) is 17.3 Å². The van der Waals surface area contributed by atoms with E-state index in [0.717, 1.165) is 11.1 Å². The summed E-state index contributed by atoms with van der Waals surface area (Å²) in [6.45, 7) is 0.384. The molecule has 0 saturated heterocycles. The van der Waals surface area contributed by atoms with Gasteiger partial charge in [-0.15, -0.1) is 0 Å². The lowest BCUT2D eigenvalue weighted by atomic mass is 10.0. The molecular formula is C18H20ClN3O3. The molecule has 1 atom stereocenters. The third kappa shape index (κ3) is 4.95. The van der Waals surface area contributed by atoms with E-state index in [4.69, 9.17) is 22.1 Å². The highest BCUT2D eigenvalue weighted by Crippen LogP contribution is 2.27. The minimum atomic E-state index is -0.889. The summed E-state index contributed by atoms with van der Waals surface area (Å²) in [5.74, 6) is 0.167. The summed E-state index contributed by atoms with van der Waals surface area (Å²) in [6.07, 6.45) is 0. The van der Waals surface area contributed by atoms with Crippen molar-refractivity contribution < 1.29 is 14.3 Å². The Morgan fingerprint density at radius 1 is 1.24 bits per heavy atom. The van der Waals surface area contributed by atoms with Gasteiger partial charge in [-0.05, 0) is 30.8 Å². The van der Waals surface area contributed by atoms with Crippen LogP contribution in [-0.4, -0.2) is 31.0 Å². The number of carbonyl (C=O) groups excluding carboxylic acids is 2. The molecule has 3 N–H and O–H groups in total. The van der Waals surface area contributed by atoms with Crippen molar-refractivity contribution in [2.24, 2.45) is 5.73 Å². The second-order valence-corrected chi connectivity index (χ2v) is 5.97. The summed E-state index contributed by atoms with van der Waals surface area (Å²) >= 11 is 6.07. The van der Waals surface area contributed by atoms with Gasteiger partial charge in [0.15, 0.2) is 0 Å². The van der Waals surface area contributed by atoms with E-state index in [1.54, 1.807) is 37.3 Å². The molecule has 0 saturated carbocycles. The molecule has 6 nitrogen and oxygen atoms in total. The highest BCUT2D eigenvalue weighted by Gasteiger charge is 2.26. The molecule has 0 aromatic heterocycles. The normalized spacial score (nSPS) is 11.8. The van der Waals surface area contributed by atoms with Gasteiger partial charge >= 0.3 is 6.03 Å². The fourth-order valence-corrected chi connectivity index (χ4v) is 2.86. The number of rotatable bonds is 6. The van der Waals surface area contributed by atoms with Gasteiger partial charge in [-0.2, -0.15) is 0 Å². The van der Waals surface area contributed by atoms with E-state index < -0.39 is 18.0 Å². The number of likely N-dealkylation sites (N-methyl/N-ethyl adjacent to an activating group) is 1. The Balaban J connectivity index is 2.32. The number of nitrogens with zero attached hydrogens (tertiary/aromatic N) is 1. The van der Waals surface area contributed by atoms with E-state index in [1.807, 2.05) is 30.3 Å². The number of methoxy groups -OCH3 is 1. The number of urea groups is 1. The summed E-state index contributed by atoms with van der Waals surface area (Å²) < 4.78 is 5.35. The van der Waals surface area contributed by atoms with Gasteiger partial charge in [-0.3, -0.25) is 15.0 Å². The summed E-state index contributed by atoms with van der Waals surface area (Å²) in [5.41, 5.74) is 6.67. The minimum Gasteiger partial charge on any atom is -0.496 e. The molecule has 0 aliphatic carbocycles. The van der Waals surface area contributed by atoms with Gasteiger partial charge in [-0.1, -0.05) is 41.9 Å². The molecular weight excluding hydrogens is 342 g/mol. The zero-order valence-electron chi connectivity index (χ0n) is 14.0. The predicted octanol–water partition coefficient (Wildman–Crippen LogP) is 2.72. The number of nitrogens with two attached hydrogens (primary N) is 1. The Kier molecular flexibility index (Phi) is 6.38. The van der Waals surface area contributed by atoms with Crippen molar-refractivity contribution in [3.8, 4) is 5.75 Å². The molecule has 0 aliphatic heterocycles. The van der Waals surface area contributed by atoms with Crippen LogP contribution >= 0.6 is 11.6 Å². The van der Waals surface area contributed by atoms with Crippen LogP contribution in [0.1, 0.15) is 17.2 Å². The van der Waals surface area contributed by atoms with E-state index in [2.05, 4.69) is 5.32 Å². The molecule has 0 spiro atoms. The van der Waals surface area contributed by atoms with Crippen molar-refractivity contribution >= 4 is 23.5 Å². The fraction of sp³-hybridized carbons (Fsp3) is 0.222. The topological polar surface area (TPSA) is 84.7 Å². The van der Waals surface area contributed by atoms with Gasteiger partial charge in [0.05, 0.1) is 7.11 Å². The molecule has 132 valence electrons. The average molecular weight is 362 g/mol. The third-order valence-corrected chi connectivity index (χ3v) is 3.95. The van der Waals surface area contributed by atoms with Crippen molar-refractivity contribution in [3.63, 3.8) is 0 Å². The number of benzene rings is 2. The van der Waals surface area contributed by atoms with Crippen molar-refractivity contribution in [3.05, 3.63) is 64.7 Å². The molecule has 2 rings (SSSR count). The zero-order chi connectivity index (χ0) is 18.4. The van der Waals surface area contributed by atoms with E-state index in [-0.39, 0.29) is 0 Å². The Bertz CT molecular complexity index is 752. The Labute approximate surface area is 151 Å². The van der Waals surface area contributed by atoms with Crippen LogP contribution in [0.3, 0.4) is 0 Å². The van der Waals surface area contributed by atoms with Crippen LogP contribution < -0.4 is 15.8 Å². The number of primary amides is 1. The first-order chi connectivity index (χ1) is 11.9. The number of ether oxygens (including phenoxy) is 1. The number of imide groups is 1. The fourth-order valence-electron chi connectivity index (χ4n) is 2.66. The third-order valence-electron chi connectivity index (χ3n) is 3.71. The average Bonchev–Trinajstić information content (AvgIpc) is 2.55. The van der Waals surface area contributed by atoms with Crippen molar-refractivity contribution in [1.82, 2.24) is 10.2 Å². The summed E-state index contributed by atoms with van der Waals surface area (Å²) in [5, 5.41) is 2.72. The van der Waals surface area contributed by atoms with Crippen LogP contribution in [-0.2, 0) is 11.3 Å². The highest BCUT2D eigenvalue weighted by atomic mass is 35.5. The van der Waals surface area contributed by atoms with Gasteiger partial charge < -0.3 is 10.5 Å². The maximum absolute atomic E-state index is 12.5. The van der Waals surface area contributed by atoms with Crippen LogP contribution in [0.15, 0.2) is 48.5 Å². The van der Waals surface area contributed by atoms with Gasteiger partial charge in [0, 0.05) is 17.1 Å². The Hall–Kier alpha value is -2.57. The highest BCUT2D eigenvalue weighted by molar-refractivity contribution is 6.30. The van der Waals surface area contributed by atoms with Crippen LogP contribution in [0, 0.1) is 0 Å². The van der Waals surface area contributed by atoms with Crippen LogP contribution in [0.5, 0.6) is 5.75 Å². The summed E-state index contributed by atoms with van der Waals surface area (Å²) in [6, 6.07) is 12.8. The first kappa shape index (κ1) is 18.8. The van der Waals surface area contributed by atoms with Gasteiger partial charge in [0.1, 0.15) is 11.8 Å². The predicted molar refractivity (Wildman–Crippen MR) is 96.4 cm³/mol. The minimum absolute atomic E-state index is 0.384. The monoisotopic (exact) mass is 361 g/mol. The number of hydrogen-bond donors (Lipinski definition) is 2.